The van der Waals surface area contributed by atoms with Crippen LogP contribution >= 0.6 is 0 Å². The van der Waals surface area contributed by atoms with E-state index in [1.165, 1.54) is 64.6 Å². The molecule has 100 valence electrons. The van der Waals surface area contributed by atoms with E-state index in [1.54, 1.807) is 0 Å². The van der Waals surface area contributed by atoms with Crippen LogP contribution in [0, 0.1) is 5.92 Å². The van der Waals surface area contributed by atoms with Gasteiger partial charge in [-0.15, -0.1) is 0 Å². The van der Waals surface area contributed by atoms with Crippen LogP contribution in [-0.2, 0) is 0 Å². The van der Waals surface area contributed by atoms with E-state index >= 15 is 0 Å². The van der Waals surface area contributed by atoms with Gasteiger partial charge in [-0.2, -0.15) is 0 Å². The summed E-state index contributed by atoms with van der Waals surface area (Å²) >= 11 is 0. The van der Waals surface area contributed by atoms with E-state index in [0.29, 0.717) is 6.61 Å². The Hall–Kier alpha value is -0.120. The lowest BCUT2D eigenvalue weighted by molar-refractivity contribution is 0.0988. The zero-order chi connectivity index (χ0) is 11.9. The minimum atomic E-state index is 0.321. The summed E-state index contributed by atoms with van der Waals surface area (Å²) in [7, 11) is 0. The Morgan fingerprint density at radius 1 is 1.00 bits per heavy atom. The Morgan fingerprint density at radius 3 is 2.35 bits per heavy atom. The number of hydrogen-bond donors (Lipinski definition) is 2. The molecule has 2 aliphatic rings. The Kier molecular flexibility index (Phi) is 5.75. The third-order valence-electron chi connectivity index (χ3n) is 4.43. The van der Waals surface area contributed by atoms with E-state index in [1.807, 2.05) is 0 Å². The molecule has 1 aliphatic heterocycles. The van der Waals surface area contributed by atoms with Crippen molar-refractivity contribution in [2.75, 3.05) is 32.8 Å². The second kappa shape index (κ2) is 7.34. The minimum absolute atomic E-state index is 0.321. The highest BCUT2D eigenvalue weighted by Gasteiger charge is 2.24. The summed E-state index contributed by atoms with van der Waals surface area (Å²) in [5, 5.41) is 12.7. The van der Waals surface area contributed by atoms with Crippen molar-refractivity contribution in [3.05, 3.63) is 0 Å². The quantitative estimate of drug-likeness (QED) is 0.766. The molecular formula is C14H28N2O. The Balaban J connectivity index is 1.81. The van der Waals surface area contributed by atoms with E-state index in [-0.39, 0.29) is 0 Å². The molecule has 0 spiro atoms. The molecule has 0 radical (unpaired) electrons. The summed E-state index contributed by atoms with van der Waals surface area (Å²) in [6.45, 7) is 4.79. The standard InChI is InChI=1S/C14H28N2O/c17-11-10-16(14-4-2-1-3-5-14)12-13-6-8-15-9-7-13/h13-15,17H,1-12H2. The van der Waals surface area contributed by atoms with Gasteiger partial charge in [0.2, 0.25) is 0 Å². The lowest BCUT2D eigenvalue weighted by Gasteiger charge is -2.37. The van der Waals surface area contributed by atoms with Crippen LogP contribution in [0.15, 0.2) is 0 Å². The molecule has 0 aromatic heterocycles. The van der Waals surface area contributed by atoms with Crippen LogP contribution in [0.2, 0.25) is 0 Å². The van der Waals surface area contributed by atoms with E-state index in [0.717, 1.165) is 18.5 Å². The van der Waals surface area contributed by atoms with Gasteiger partial charge >= 0.3 is 0 Å². The summed E-state index contributed by atoms with van der Waals surface area (Å²) < 4.78 is 0. The average molecular weight is 240 g/mol. The van der Waals surface area contributed by atoms with Gasteiger partial charge in [0, 0.05) is 19.1 Å². The molecule has 2 rings (SSSR count). The smallest absolute Gasteiger partial charge is 0.0558 e. The Morgan fingerprint density at radius 2 is 1.71 bits per heavy atom. The van der Waals surface area contributed by atoms with Crippen LogP contribution in [0.25, 0.3) is 0 Å². The summed E-state index contributed by atoms with van der Waals surface area (Å²) in [6, 6.07) is 0.755. The average Bonchev–Trinajstić information content (AvgIpc) is 2.40. The molecule has 1 saturated heterocycles. The van der Waals surface area contributed by atoms with Crippen molar-refractivity contribution in [3.63, 3.8) is 0 Å². The van der Waals surface area contributed by atoms with E-state index in [9.17, 15) is 5.11 Å². The zero-order valence-electron chi connectivity index (χ0n) is 11.0. The topological polar surface area (TPSA) is 35.5 Å². The fourth-order valence-corrected chi connectivity index (χ4v) is 3.39. The van der Waals surface area contributed by atoms with Crippen LogP contribution in [0.4, 0.5) is 0 Å². The maximum Gasteiger partial charge on any atom is 0.0558 e. The maximum absolute atomic E-state index is 9.24. The highest BCUT2D eigenvalue weighted by molar-refractivity contribution is 4.79. The lowest BCUT2D eigenvalue weighted by Crippen LogP contribution is -2.43. The molecule has 1 saturated carbocycles. The molecular weight excluding hydrogens is 212 g/mol. The minimum Gasteiger partial charge on any atom is -0.395 e. The first-order chi connectivity index (χ1) is 8.40. The van der Waals surface area contributed by atoms with Crippen LogP contribution < -0.4 is 5.32 Å². The number of aliphatic hydroxyl groups excluding tert-OH is 1. The van der Waals surface area contributed by atoms with Crippen molar-refractivity contribution < 1.29 is 5.11 Å². The number of piperidine rings is 1. The van der Waals surface area contributed by atoms with Crippen molar-refractivity contribution >= 4 is 0 Å². The van der Waals surface area contributed by atoms with Gasteiger partial charge in [0.15, 0.2) is 0 Å². The van der Waals surface area contributed by atoms with E-state index < -0.39 is 0 Å². The predicted octanol–water partition coefficient (Wildman–Crippen LogP) is 1.61. The van der Waals surface area contributed by atoms with Gasteiger partial charge in [-0.25, -0.2) is 0 Å². The largest absolute Gasteiger partial charge is 0.395 e. The zero-order valence-corrected chi connectivity index (χ0v) is 11.0. The molecule has 17 heavy (non-hydrogen) atoms. The van der Waals surface area contributed by atoms with Crippen molar-refractivity contribution in [1.29, 1.82) is 0 Å². The third-order valence-corrected chi connectivity index (χ3v) is 4.43. The number of nitrogens with zero attached hydrogens (tertiary/aromatic N) is 1. The monoisotopic (exact) mass is 240 g/mol. The third kappa shape index (κ3) is 4.23. The van der Waals surface area contributed by atoms with Gasteiger partial charge in [-0.1, -0.05) is 19.3 Å². The van der Waals surface area contributed by atoms with Crippen molar-refractivity contribution in [3.8, 4) is 0 Å². The molecule has 1 aliphatic carbocycles. The highest BCUT2D eigenvalue weighted by Crippen LogP contribution is 2.24. The fourth-order valence-electron chi connectivity index (χ4n) is 3.39. The summed E-state index contributed by atoms with van der Waals surface area (Å²) in [5.41, 5.74) is 0. The molecule has 3 nitrogen and oxygen atoms in total. The second-order valence-corrected chi connectivity index (χ2v) is 5.70. The second-order valence-electron chi connectivity index (χ2n) is 5.70. The van der Waals surface area contributed by atoms with Gasteiger partial charge in [0.05, 0.1) is 6.61 Å². The predicted molar refractivity (Wildman–Crippen MR) is 71.1 cm³/mol. The van der Waals surface area contributed by atoms with Crippen molar-refractivity contribution in [2.45, 2.75) is 51.0 Å². The van der Waals surface area contributed by atoms with Gasteiger partial charge in [-0.3, -0.25) is 4.90 Å². The van der Waals surface area contributed by atoms with Crippen LogP contribution in [0.3, 0.4) is 0 Å². The fraction of sp³-hybridized carbons (Fsp3) is 1.00. The molecule has 0 aromatic rings. The van der Waals surface area contributed by atoms with Gasteiger partial charge in [-0.05, 0) is 44.7 Å². The van der Waals surface area contributed by atoms with E-state index in [4.69, 9.17) is 0 Å². The molecule has 0 atom stereocenters. The first-order valence-electron chi connectivity index (χ1n) is 7.46. The first kappa shape index (κ1) is 13.3. The normalized spacial score (nSPS) is 24.4. The van der Waals surface area contributed by atoms with Crippen LogP contribution in [0.1, 0.15) is 44.9 Å². The maximum atomic E-state index is 9.24. The summed E-state index contributed by atoms with van der Waals surface area (Å²) in [5.74, 6) is 0.852. The Bertz CT molecular complexity index is 198. The first-order valence-corrected chi connectivity index (χ1v) is 7.46. The SMILES string of the molecule is OCCN(CC1CCNCC1)C1CCCCC1. The van der Waals surface area contributed by atoms with Crippen LogP contribution in [-0.4, -0.2) is 48.8 Å². The van der Waals surface area contributed by atoms with Crippen molar-refractivity contribution in [2.24, 2.45) is 5.92 Å². The van der Waals surface area contributed by atoms with E-state index in [2.05, 4.69) is 10.2 Å². The molecule has 1 heterocycles. The van der Waals surface area contributed by atoms with Crippen molar-refractivity contribution in [1.82, 2.24) is 10.2 Å². The highest BCUT2D eigenvalue weighted by atomic mass is 16.3. The molecule has 2 N–H and O–H groups in total. The molecule has 0 bridgehead atoms. The van der Waals surface area contributed by atoms with Gasteiger partial charge < -0.3 is 10.4 Å². The summed E-state index contributed by atoms with van der Waals surface area (Å²) in [4.78, 5) is 2.58. The lowest BCUT2D eigenvalue weighted by atomic mass is 9.91. The van der Waals surface area contributed by atoms with Gasteiger partial charge in [0.1, 0.15) is 0 Å². The molecule has 0 aromatic carbocycles. The molecule has 3 heteroatoms. The number of nitrogens with one attached hydrogen (secondary N) is 1. The van der Waals surface area contributed by atoms with Gasteiger partial charge in [0.25, 0.3) is 0 Å². The Labute approximate surface area is 106 Å². The van der Waals surface area contributed by atoms with Crippen LogP contribution in [0.5, 0.6) is 0 Å². The summed E-state index contributed by atoms with van der Waals surface area (Å²) in [6.07, 6.45) is 9.52. The number of aliphatic hydroxyl groups is 1. The molecule has 2 fully saturated rings. The number of rotatable bonds is 5. The molecule has 0 amide bonds. The number of hydrogen-bond acceptors (Lipinski definition) is 3. The molecule has 0 unspecified atom stereocenters.